The third-order valence-corrected chi connectivity index (χ3v) is 4.89. The average molecular weight is 339 g/mol. The minimum Gasteiger partial charge on any atom is -0.497 e. The number of aldehydes is 1. The molecular formula is C14H12IO2+. The molecule has 0 aliphatic heterocycles. The maximum atomic E-state index is 10.7. The van der Waals surface area contributed by atoms with Gasteiger partial charge in [-0.15, -0.1) is 0 Å². The van der Waals surface area contributed by atoms with Crippen molar-refractivity contribution in [2.75, 3.05) is 7.11 Å². The first-order valence-corrected chi connectivity index (χ1v) is 7.31. The predicted molar refractivity (Wildman–Crippen MR) is 62.2 cm³/mol. The summed E-state index contributed by atoms with van der Waals surface area (Å²) in [6, 6.07) is 15.9. The van der Waals surface area contributed by atoms with E-state index in [0.717, 1.165) is 17.6 Å². The zero-order chi connectivity index (χ0) is 12.1. The summed E-state index contributed by atoms with van der Waals surface area (Å²) >= 11 is -0.227. The van der Waals surface area contributed by atoms with Crippen molar-refractivity contribution in [2.45, 2.75) is 0 Å². The molecule has 0 N–H and O–H groups in total. The second kappa shape index (κ2) is 5.82. The Kier molecular flexibility index (Phi) is 4.14. The van der Waals surface area contributed by atoms with Crippen LogP contribution < -0.4 is 25.9 Å². The van der Waals surface area contributed by atoms with Gasteiger partial charge in [0.25, 0.3) is 0 Å². The number of hydrogen-bond acceptors (Lipinski definition) is 2. The molecule has 0 aromatic heterocycles. The molecule has 2 nitrogen and oxygen atoms in total. The fourth-order valence-corrected chi connectivity index (χ4v) is 3.74. The molecule has 0 unspecified atom stereocenters. The minimum atomic E-state index is -0.227. The van der Waals surface area contributed by atoms with Crippen molar-refractivity contribution in [3.8, 4) is 5.75 Å². The Morgan fingerprint density at radius 2 is 1.82 bits per heavy atom. The summed E-state index contributed by atoms with van der Waals surface area (Å²) in [7, 11) is 1.66. The first kappa shape index (κ1) is 12.1. The highest BCUT2D eigenvalue weighted by molar-refractivity contribution is 5.74. The van der Waals surface area contributed by atoms with Crippen molar-refractivity contribution in [1.29, 1.82) is 0 Å². The van der Waals surface area contributed by atoms with E-state index in [9.17, 15) is 4.79 Å². The third kappa shape index (κ3) is 3.30. The van der Waals surface area contributed by atoms with Gasteiger partial charge < -0.3 is 4.74 Å². The summed E-state index contributed by atoms with van der Waals surface area (Å²) in [6.45, 7) is 0. The van der Waals surface area contributed by atoms with Crippen LogP contribution in [0.3, 0.4) is 0 Å². The van der Waals surface area contributed by atoms with Crippen LogP contribution in [0.2, 0.25) is 0 Å². The van der Waals surface area contributed by atoms with Crippen molar-refractivity contribution in [2.24, 2.45) is 0 Å². The van der Waals surface area contributed by atoms with Gasteiger partial charge in [0.15, 0.2) is 7.14 Å². The summed E-state index contributed by atoms with van der Waals surface area (Å²) in [4.78, 5) is 10.7. The second-order valence-corrected chi connectivity index (χ2v) is 6.46. The molecular weight excluding hydrogens is 327 g/mol. The van der Waals surface area contributed by atoms with Crippen molar-refractivity contribution in [3.05, 3.63) is 61.2 Å². The lowest BCUT2D eigenvalue weighted by Gasteiger charge is -1.95. The largest absolute Gasteiger partial charge is 0.497 e. The van der Waals surface area contributed by atoms with Gasteiger partial charge in [-0.05, 0) is 30.3 Å². The van der Waals surface area contributed by atoms with Crippen molar-refractivity contribution < 1.29 is 30.7 Å². The molecule has 2 aromatic rings. The van der Waals surface area contributed by atoms with Crippen molar-refractivity contribution in [1.82, 2.24) is 0 Å². The molecule has 0 aliphatic carbocycles. The molecule has 0 spiro atoms. The molecule has 0 amide bonds. The standard InChI is InChI=1S/C14H12IO2/c1-17-14-7-5-12(6-8-14)15-13-4-2-3-11(9-13)10-16/h2-10H,1H3/q+1. The third-order valence-electron chi connectivity index (χ3n) is 2.25. The lowest BCUT2D eigenvalue weighted by Crippen LogP contribution is -3.61. The summed E-state index contributed by atoms with van der Waals surface area (Å²) in [5.41, 5.74) is 0.746. The first-order chi connectivity index (χ1) is 8.31. The lowest BCUT2D eigenvalue weighted by molar-refractivity contribution is -0.597. The molecule has 0 saturated carbocycles. The van der Waals surface area contributed by atoms with Crippen molar-refractivity contribution in [3.63, 3.8) is 0 Å². The molecule has 0 heterocycles. The van der Waals surface area contributed by atoms with Crippen LogP contribution >= 0.6 is 0 Å². The molecule has 3 heteroatoms. The van der Waals surface area contributed by atoms with E-state index in [1.165, 1.54) is 7.14 Å². The molecule has 0 atom stereocenters. The highest BCUT2D eigenvalue weighted by Gasteiger charge is 2.15. The SMILES string of the molecule is COc1ccc([I+]c2cccc(C=O)c2)cc1. The fourth-order valence-electron chi connectivity index (χ4n) is 1.40. The maximum Gasteiger partial charge on any atom is 0.357 e. The molecule has 0 saturated heterocycles. The Balaban J connectivity index is 2.16. The quantitative estimate of drug-likeness (QED) is 0.562. The fraction of sp³-hybridized carbons (Fsp3) is 0.0714. The van der Waals surface area contributed by atoms with Gasteiger partial charge in [-0.3, -0.25) is 4.79 Å². The van der Waals surface area contributed by atoms with E-state index in [2.05, 4.69) is 18.2 Å². The van der Waals surface area contributed by atoms with Gasteiger partial charge in [0.1, 0.15) is 12.0 Å². The van der Waals surface area contributed by atoms with Crippen molar-refractivity contribution >= 4 is 6.29 Å². The monoisotopic (exact) mass is 339 g/mol. The smallest absolute Gasteiger partial charge is 0.357 e. The van der Waals surface area contributed by atoms with Crippen LogP contribution in [0.15, 0.2) is 48.5 Å². The van der Waals surface area contributed by atoms with E-state index in [0.29, 0.717) is 0 Å². The maximum absolute atomic E-state index is 10.7. The number of benzene rings is 2. The number of halogens is 1. The van der Waals surface area contributed by atoms with Crippen LogP contribution in [-0.4, -0.2) is 13.4 Å². The van der Waals surface area contributed by atoms with E-state index in [1.54, 1.807) is 7.11 Å². The molecule has 2 rings (SSSR count). The Morgan fingerprint density at radius 1 is 1.06 bits per heavy atom. The number of carbonyl (C=O) groups is 1. The van der Waals surface area contributed by atoms with Crippen LogP contribution in [0.5, 0.6) is 5.75 Å². The zero-order valence-corrected chi connectivity index (χ0v) is 11.5. The van der Waals surface area contributed by atoms with Gasteiger partial charge in [0.05, 0.1) is 7.11 Å². The van der Waals surface area contributed by atoms with E-state index in [4.69, 9.17) is 4.74 Å². The Labute approximate surface area is 111 Å². The van der Waals surface area contributed by atoms with Gasteiger partial charge in [0, 0.05) is 11.6 Å². The summed E-state index contributed by atoms with van der Waals surface area (Å²) in [6.07, 6.45) is 0.890. The van der Waals surface area contributed by atoms with Crippen LogP contribution in [0.25, 0.3) is 0 Å². The molecule has 86 valence electrons. The summed E-state index contributed by atoms with van der Waals surface area (Å²) in [5, 5.41) is 0. The highest BCUT2D eigenvalue weighted by Crippen LogP contribution is 2.06. The van der Waals surface area contributed by atoms with Gasteiger partial charge >= 0.3 is 21.2 Å². The Morgan fingerprint density at radius 3 is 2.47 bits per heavy atom. The number of ether oxygens (including phenoxy) is 1. The first-order valence-electron chi connectivity index (χ1n) is 5.16. The molecule has 17 heavy (non-hydrogen) atoms. The van der Waals surface area contributed by atoms with Gasteiger partial charge in [-0.2, -0.15) is 0 Å². The normalized spacial score (nSPS) is 9.94. The second-order valence-electron chi connectivity index (χ2n) is 3.43. The topological polar surface area (TPSA) is 26.3 Å². The number of carbonyl (C=O) groups excluding carboxylic acids is 1. The molecule has 0 aliphatic rings. The highest BCUT2D eigenvalue weighted by atomic mass is 127. The number of rotatable bonds is 4. The minimum absolute atomic E-state index is 0.227. The molecule has 0 bridgehead atoms. The molecule has 0 radical (unpaired) electrons. The number of methoxy groups -OCH3 is 1. The average Bonchev–Trinajstić information content (AvgIpc) is 2.40. The van der Waals surface area contributed by atoms with E-state index >= 15 is 0 Å². The predicted octanol–water partition coefficient (Wildman–Crippen LogP) is -0.364. The lowest BCUT2D eigenvalue weighted by atomic mass is 10.2. The molecule has 2 aromatic carbocycles. The van der Waals surface area contributed by atoms with E-state index in [1.807, 2.05) is 30.3 Å². The van der Waals surface area contributed by atoms with Crippen LogP contribution in [0.4, 0.5) is 0 Å². The van der Waals surface area contributed by atoms with Crippen LogP contribution in [-0.2, 0) is 0 Å². The van der Waals surface area contributed by atoms with Gasteiger partial charge in [-0.1, -0.05) is 12.1 Å². The van der Waals surface area contributed by atoms with Crippen LogP contribution in [0, 0.1) is 7.14 Å². The van der Waals surface area contributed by atoms with Gasteiger partial charge in [-0.25, -0.2) is 0 Å². The van der Waals surface area contributed by atoms with E-state index < -0.39 is 0 Å². The van der Waals surface area contributed by atoms with E-state index in [-0.39, 0.29) is 21.2 Å². The van der Waals surface area contributed by atoms with Gasteiger partial charge in [0.2, 0.25) is 0 Å². The Hall–Kier alpha value is -1.36. The summed E-state index contributed by atoms with van der Waals surface area (Å²) in [5.74, 6) is 0.874. The summed E-state index contributed by atoms with van der Waals surface area (Å²) < 4.78 is 7.68. The van der Waals surface area contributed by atoms with Crippen LogP contribution in [0.1, 0.15) is 10.4 Å². The molecule has 0 fully saturated rings. The zero-order valence-electron chi connectivity index (χ0n) is 9.39. The number of hydrogen-bond donors (Lipinski definition) is 0. The Bertz CT molecular complexity index is 506.